The van der Waals surface area contributed by atoms with E-state index in [1.54, 1.807) is 0 Å². The minimum Gasteiger partial charge on any atom is -0.485 e. The van der Waals surface area contributed by atoms with Crippen molar-refractivity contribution in [3.63, 3.8) is 0 Å². The zero-order valence-corrected chi connectivity index (χ0v) is 9.91. The number of hydrogen-bond acceptors (Lipinski definition) is 2. The maximum absolute atomic E-state index is 9.53. The highest BCUT2D eigenvalue weighted by Crippen LogP contribution is 2.32. The maximum Gasteiger partial charge on any atom is 0.132 e. The first-order chi connectivity index (χ1) is 7.74. The monoisotopic (exact) mass is 220 g/mol. The van der Waals surface area contributed by atoms with E-state index in [-0.39, 0.29) is 12.2 Å². The summed E-state index contributed by atoms with van der Waals surface area (Å²) < 4.78 is 6.00. The van der Waals surface area contributed by atoms with Crippen molar-refractivity contribution in [2.24, 2.45) is 0 Å². The fraction of sp³-hybridized carbons (Fsp3) is 0.571. The highest BCUT2D eigenvalue weighted by atomic mass is 16.5. The van der Waals surface area contributed by atoms with Gasteiger partial charge in [-0.2, -0.15) is 0 Å². The highest BCUT2D eigenvalue weighted by molar-refractivity contribution is 5.27. The van der Waals surface area contributed by atoms with E-state index in [4.69, 9.17) is 4.74 Å². The molecule has 0 bridgehead atoms. The molecule has 0 aromatic heterocycles. The zero-order valence-electron chi connectivity index (χ0n) is 9.91. The number of aliphatic hydroxyl groups excluding tert-OH is 1. The summed E-state index contributed by atoms with van der Waals surface area (Å²) in [6, 6.07) is 8.06. The van der Waals surface area contributed by atoms with Gasteiger partial charge in [0.15, 0.2) is 0 Å². The van der Waals surface area contributed by atoms with E-state index in [0.29, 0.717) is 0 Å². The van der Waals surface area contributed by atoms with Crippen LogP contribution >= 0.6 is 0 Å². The third kappa shape index (κ3) is 2.56. The van der Waals surface area contributed by atoms with Crippen LogP contribution in [0.2, 0.25) is 0 Å². The lowest BCUT2D eigenvalue weighted by molar-refractivity contribution is -0.0198. The van der Waals surface area contributed by atoms with Crippen molar-refractivity contribution in [2.75, 3.05) is 6.61 Å². The van der Waals surface area contributed by atoms with E-state index in [9.17, 15) is 5.11 Å². The summed E-state index contributed by atoms with van der Waals surface area (Å²) in [5, 5.41) is 9.53. The van der Waals surface area contributed by atoms with Crippen molar-refractivity contribution < 1.29 is 9.84 Å². The molecule has 1 aromatic carbocycles. The fourth-order valence-corrected chi connectivity index (χ4v) is 2.34. The molecule has 2 nitrogen and oxygen atoms in total. The van der Waals surface area contributed by atoms with Gasteiger partial charge < -0.3 is 9.84 Å². The molecule has 0 aliphatic heterocycles. The van der Waals surface area contributed by atoms with E-state index in [0.717, 1.165) is 31.4 Å². The van der Waals surface area contributed by atoms with Gasteiger partial charge in [0.25, 0.3) is 0 Å². The van der Waals surface area contributed by atoms with Crippen LogP contribution in [-0.2, 0) is 0 Å². The summed E-state index contributed by atoms with van der Waals surface area (Å²) in [6.07, 6.45) is 5.52. The van der Waals surface area contributed by atoms with Crippen molar-refractivity contribution in [2.45, 2.75) is 44.6 Å². The third-order valence-electron chi connectivity index (χ3n) is 3.41. The number of ether oxygens (including phenoxy) is 1. The van der Waals surface area contributed by atoms with Crippen LogP contribution in [0, 0.1) is 6.92 Å². The average molecular weight is 220 g/mol. The Morgan fingerprint density at radius 2 is 1.75 bits per heavy atom. The molecule has 1 aliphatic carbocycles. The topological polar surface area (TPSA) is 29.5 Å². The Hall–Kier alpha value is -1.02. The van der Waals surface area contributed by atoms with Gasteiger partial charge in [-0.25, -0.2) is 0 Å². The molecule has 0 unspecified atom stereocenters. The summed E-state index contributed by atoms with van der Waals surface area (Å²) in [6.45, 7) is 2.19. The summed E-state index contributed by atoms with van der Waals surface area (Å²) in [4.78, 5) is 0. The van der Waals surface area contributed by atoms with Gasteiger partial charge in [0.1, 0.15) is 11.4 Å². The smallest absolute Gasteiger partial charge is 0.132 e. The lowest BCUT2D eigenvalue weighted by atomic mass is 9.85. The van der Waals surface area contributed by atoms with Crippen LogP contribution in [0.1, 0.15) is 37.7 Å². The quantitative estimate of drug-likeness (QED) is 0.848. The Morgan fingerprint density at radius 1 is 1.12 bits per heavy atom. The first kappa shape index (κ1) is 11.5. The summed E-state index contributed by atoms with van der Waals surface area (Å²) in [5.41, 5.74) is 0.905. The molecule has 1 N–H and O–H groups in total. The number of hydrogen-bond donors (Lipinski definition) is 1. The van der Waals surface area contributed by atoms with Crippen molar-refractivity contribution in [1.29, 1.82) is 0 Å². The molecule has 0 atom stereocenters. The number of rotatable bonds is 3. The molecule has 1 aliphatic rings. The van der Waals surface area contributed by atoms with Crippen molar-refractivity contribution >= 4 is 0 Å². The van der Waals surface area contributed by atoms with E-state index in [1.807, 2.05) is 24.3 Å². The fourth-order valence-electron chi connectivity index (χ4n) is 2.34. The Labute approximate surface area is 97.3 Å². The van der Waals surface area contributed by atoms with Gasteiger partial charge in [-0.1, -0.05) is 24.1 Å². The van der Waals surface area contributed by atoms with Gasteiger partial charge in [-0.05, 0) is 44.7 Å². The Bertz CT molecular complexity index is 323. The minimum absolute atomic E-state index is 0.126. The molecule has 0 saturated heterocycles. The lowest BCUT2D eigenvalue weighted by Gasteiger charge is -2.36. The molecule has 2 heteroatoms. The van der Waals surface area contributed by atoms with E-state index in [1.165, 1.54) is 12.0 Å². The first-order valence-corrected chi connectivity index (χ1v) is 6.11. The molecule has 1 aromatic rings. The van der Waals surface area contributed by atoms with Gasteiger partial charge in [-0.15, -0.1) is 0 Å². The van der Waals surface area contributed by atoms with Gasteiger partial charge in [-0.3, -0.25) is 0 Å². The molecule has 1 fully saturated rings. The Kier molecular flexibility index (Phi) is 3.49. The van der Waals surface area contributed by atoms with E-state index >= 15 is 0 Å². The molecule has 0 radical (unpaired) electrons. The third-order valence-corrected chi connectivity index (χ3v) is 3.41. The molecule has 16 heavy (non-hydrogen) atoms. The lowest BCUT2D eigenvalue weighted by Crippen LogP contribution is -2.41. The summed E-state index contributed by atoms with van der Waals surface area (Å²) in [5.74, 6) is 0.876. The normalized spacial score (nSPS) is 19.4. The predicted molar refractivity (Wildman–Crippen MR) is 64.7 cm³/mol. The van der Waals surface area contributed by atoms with Crippen LogP contribution in [0.25, 0.3) is 0 Å². The summed E-state index contributed by atoms with van der Waals surface area (Å²) >= 11 is 0. The van der Waals surface area contributed by atoms with Gasteiger partial charge in [0.05, 0.1) is 6.61 Å². The van der Waals surface area contributed by atoms with E-state index < -0.39 is 0 Å². The van der Waals surface area contributed by atoms with Crippen LogP contribution in [0.5, 0.6) is 5.75 Å². The molecule has 0 spiro atoms. The molecular formula is C14H20O2. The van der Waals surface area contributed by atoms with Crippen LogP contribution in [0.3, 0.4) is 0 Å². The maximum atomic E-state index is 9.53. The molecular weight excluding hydrogens is 200 g/mol. The second kappa shape index (κ2) is 4.88. The van der Waals surface area contributed by atoms with Gasteiger partial charge >= 0.3 is 0 Å². The molecule has 0 amide bonds. The summed E-state index contributed by atoms with van der Waals surface area (Å²) in [7, 11) is 0. The zero-order chi connectivity index (χ0) is 11.4. The second-order valence-corrected chi connectivity index (χ2v) is 4.82. The predicted octanol–water partition coefficient (Wildman–Crippen LogP) is 3.07. The molecule has 1 saturated carbocycles. The highest BCUT2D eigenvalue weighted by Gasteiger charge is 2.33. The average Bonchev–Trinajstić information content (AvgIpc) is 2.33. The minimum atomic E-state index is -0.326. The molecule has 2 rings (SSSR count). The van der Waals surface area contributed by atoms with Crippen molar-refractivity contribution in [3.05, 3.63) is 29.8 Å². The Morgan fingerprint density at radius 3 is 2.31 bits per heavy atom. The van der Waals surface area contributed by atoms with Gasteiger partial charge in [0, 0.05) is 0 Å². The standard InChI is InChI=1S/C14H20O2/c1-12-5-7-13(8-6-12)16-14(11-15)9-3-2-4-10-14/h5-8,15H,2-4,9-11H2,1H3. The van der Waals surface area contributed by atoms with Crippen LogP contribution < -0.4 is 4.74 Å². The molecule has 88 valence electrons. The SMILES string of the molecule is Cc1ccc(OC2(CO)CCCCC2)cc1. The van der Waals surface area contributed by atoms with Crippen molar-refractivity contribution in [1.82, 2.24) is 0 Å². The number of aliphatic hydroxyl groups is 1. The number of benzene rings is 1. The van der Waals surface area contributed by atoms with Crippen molar-refractivity contribution in [3.8, 4) is 5.75 Å². The number of aryl methyl sites for hydroxylation is 1. The van der Waals surface area contributed by atoms with Crippen LogP contribution in [0.4, 0.5) is 0 Å². The second-order valence-electron chi connectivity index (χ2n) is 4.82. The first-order valence-electron chi connectivity index (χ1n) is 6.11. The van der Waals surface area contributed by atoms with Gasteiger partial charge in [0.2, 0.25) is 0 Å². The molecule has 0 heterocycles. The Balaban J connectivity index is 2.08. The van der Waals surface area contributed by atoms with Crippen LogP contribution in [-0.4, -0.2) is 17.3 Å². The van der Waals surface area contributed by atoms with Crippen LogP contribution in [0.15, 0.2) is 24.3 Å². The largest absolute Gasteiger partial charge is 0.485 e. The van der Waals surface area contributed by atoms with E-state index in [2.05, 4.69) is 6.92 Å².